The molecule has 72 valence electrons. The minimum atomic E-state index is -1.57. The zero-order valence-electron chi connectivity index (χ0n) is 6.24. The summed E-state index contributed by atoms with van der Waals surface area (Å²) in [5.41, 5.74) is 0. The zero-order valence-corrected chi connectivity index (χ0v) is 6.24. The summed E-state index contributed by atoms with van der Waals surface area (Å²) in [7, 11) is 0. The van der Waals surface area contributed by atoms with E-state index in [1.807, 2.05) is 0 Å². The summed E-state index contributed by atoms with van der Waals surface area (Å²) in [5.74, 6) is 0. The Morgan fingerprint density at radius 1 is 0.917 bits per heavy atom. The van der Waals surface area contributed by atoms with Crippen molar-refractivity contribution in [1.29, 1.82) is 0 Å². The molecule has 1 saturated heterocycles. The van der Waals surface area contributed by atoms with Crippen molar-refractivity contribution in [2.45, 2.75) is 30.7 Å². The van der Waals surface area contributed by atoms with Crippen LogP contribution in [0.2, 0.25) is 0 Å². The molecule has 0 aromatic heterocycles. The van der Waals surface area contributed by atoms with Gasteiger partial charge >= 0.3 is 0 Å². The summed E-state index contributed by atoms with van der Waals surface area (Å²) in [6.45, 7) is -0.526. The second-order valence-electron chi connectivity index (χ2n) is 2.72. The third-order valence-corrected chi connectivity index (χ3v) is 1.87. The normalized spacial score (nSPS) is 49.2. The molecule has 0 radical (unpaired) electrons. The van der Waals surface area contributed by atoms with Crippen LogP contribution in [0.3, 0.4) is 0 Å². The minimum absolute atomic E-state index is 0.526. The molecule has 0 amide bonds. The number of hydrogen-bond acceptors (Lipinski definition) is 6. The van der Waals surface area contributed by atoms with Crippen LogP contribution in [-0.2, 0) is 4.74 Å². The first-order chi connectivity index (χ1) is 5.57. The average molecular weight is 180 g/mol. The lowest BCUT2D eigenvalue weighted by Crippen LogP contribution is -2.58. The Morgan fingerprint density at radius 3 is 2.00 bits per heavy atom. The summed E-state index contributed by atoms with van der Waals surface area (Å²) in [6.07, 6.45) is -7.04. The molecule has 12 heavy (non-hydrogen) atoms. The van der Waals surface area contributed by atoms with Crippen molar-refractivity contribution in [1.82, 2.24) is 0 Å². The predicted molar refractivity (Wildman–Crippen MR) is 36.0 cm³/mol. The van der Waals surface area contributed by atoms with Gasteiger partial charge < -0.3 is 30.3 Å². The number of hydrogen-bond donors (Lipinski definition) is 5. The third kappa shape index (κ3) is 1.58. The van der Waals surface area contributed by atoms with Crippen molar-refractivity contribution in [3.05, 3.63) is 0 Å². The van der Waals surface area contributed by atoms with Crippen LogP contribution in [0.4, 0.5) is 0 Å². The van der Waals surface area contributed by atoms with E-state index >= 15 is 0 Å². The molecule has 0 aliphatic carbocycles. The van der Waals surface area contributed by atoms with Gasteiger partial charge in [0.05, 0.1) is 6.61 Å². The molecule has 1 fully saturated rings. The largest absolute Gasteiger partial charge is 0.394 e. The second-order valence-corrected chi connectivity index (χ2v) is 2.72. The van der Waals surface area contributed by atoms with Crippen LogP contribution in [0.5, 0.6) is 0 Å². The quantitative estimate of drug-likeness (QED) is 0.290. The molecule has 1 rings (SSSR count). The van der Waals surface area contributed by atoms with Crippen LogP contribution in [0.15, 0.2) is 0 Å². The van der Waals surface area contributed by atoms with E-state index in [0.717, 1.165) is 0 Å². The number of ether oxygens (including phenoxy) is 1. The van der Waals surface area contributed by atoms with Crippen molar-refractivity contribution in [2.24, 2.45) is 0 Å². The van der Waals surface area contributed by atoms with Crippen LogP contribution in [-0.4, -0.2) is 62.8 Å². The lowest BCUT2D eigenvalue weighted by Gasteiger charge is -2.37. The fourth-order valence-electron chi connectivity index (χ4n) is 1.08. The van der Waals surface area contributed by atoms with Crippen LogP contribution < -0.4 is 0 Å². The maximum Gasteiger partial charge on any atom is 0.184 e. The molecule has 0 bridgehead atoms. The van der Waals surface area contributed by atoms with Gasteiger partial charge in [0.25, 0.3) is 0 Å². The summed E-state index contributed by atoms with van der Waals surface area (Å²) in [4.78, 5) is 0. The highest BCUT2D eigenvalue weighted by Crippen LogP contribution is 2.18. The smallest absolute Gasteiger partial charge is 0.184 e. The molecule has 1 aliphatic rings. The zero-order chi connectivity index (χ0) is 9.30. The van der Waals surface area contributed by atoms with Crippen LogP contribution in [0, 0.1) is 0 Å². The Hall–Kier alpha value is -0.240. The molecule has 5 N–H and O–H groups in total. The monoisotopic (exact) mass is 180 g/mol. The van der Waals surface area contributed by atoms with E-state index in [4.69, 9.17) is 25.5 Å². The molecule has 6 heteroatoms. The minimum Gasteiger partial charge on any atom is -0.394 e. The fraction of sp³-hybridized carbons (Fsp3) is 1.00. The van der Waals surface area contributed by atoms with E-state index in [2.05, 4.69) is 4.74 Å². The number of rotatable bonds is 1. The van der Waals surface area contributed by atoms with Crippen LogP contribution >= 0.6 is 0 Å². The first-order valence-electron chi connectivity index (χ1n) is 3.56. The Morgan fingerprint density at radius 2 is 1.50 bits per heavy atom. The predicted octanol–water partition coefficient (Wildman–Crippen LogP) is -3.22. The molecule has 5 atom stereocenters. The average Bonchev–Trinajstić information content (AvgIpc) is 2.08. The van der Waals surface area contributed by atoms with Gasteiger partial charge in [-0.15, -0.1) is 0 Å². The van der Waals surface area contributed by atoms with Crippen molar-refractivity contribution in [3.8, 4) is 0 Å². The first kappa shape index (κ1) is 9.85. The van der Waals surface area contributed by atoms with Gasteiger partial charge in [-0.1, -0.05) is 0 Å². The van der Waals surface area contributed by atoms with Gasteiger partial charge in [-0.2, -0.15) is 0 Å². The fourth-order valence-corrected chi connectivity index (χ4v) is 1.08. The van der Waals surface area contributed by atoms with E-state index < -0.39 is 37.3 Å². The first-order valence-corrected chi connectivity index (χ1v) is 3.56. The molecule has 6 nitrogen and oxygen atoms in total. The molecular weight excluding hydrogens is 168 g/mol. The van der Waals surface area contributed by atoms with Gasteiger partial charge in [-0.3, -0.25) is 0 Å². The lowest BCUT2D eigenvalue weighted by molar-refractivity contribution is -0.286. The molecule has 0 spiro atoms. The molecule has 0 saturated carbocycles. The molecule has 1 heterocycles. The van der Waals surface area contributed by atoms with E-state index in [9.17, 15) is 0 Å². The maximum absolute atomic E-state index is 9.12. The molecular formula is C6H12O6. The topological polar surface area (TPSA) is 110 Å². The Labute approximate surface area is 68.6 Å². The van der Waals surface area contributed by atoms with E-state index in [-0.39, 0.29) is 0 Å². The summed E-state index contributed by atoms with van der Waals surface area (Å²) in [5, 5.41) is 44.7. The van der Waals surface area contributed by atoms with E-state index in [1.165, 1.54) is 0 Å². The highest BCUT2D eigenvalue weighted by Gasteiger charge is 2.42. The highest BCUT2D eigenvalue weighted by atomic mass is 16.6. The van der Waals surface area contributed by atoms with Gasteiger partial charge in [0.1, 0.15) is 24.4 Å². The second kappa shape index (κ2) is 3.65. The summed E-state index contributed by atoms with van der Waals surface area (Å²) >= 11 is 0. The van der Waals surface area contributed by atoms with Gasteiger partial charge in [-0.05, 0) is 0 Å². The SMILES string of the molecule is OC[C@H]1O[C@H](O)[C@H](O)[C@H](O)[C@H]1O. The van der Waals surface area contributed by atoms with E-state index in [0.29, 0.717) is 0 Å². The van der Waals surface area contributed by atoms with Gasteiger partial charge in [0.2, 0.25) is 0 Å². The molecule has 0 unspecified atom stereocenters. The molecule has 1 aliphatic heterocycles. The van der Waals surface area contributed by atoms with Crippen molar-refractivity contribution >= 4 is 0 Å². The Kier molecular flexibility index (Phi) is 2.99. The van der Waals surface area contributed by atoms with Gasteiger partial charge in [-0.25, -0.2) is 0 Å². The van der Waals surface area contributed by atoms with Gasteiger partial charge in [0.15, 0.2) is 6.29 Å². The molecule has 0 aromatic carbocycles. The van der Waals surface area contributed by atoms with E-state index in [1.54, 1.807) is 0 Å². The summed E-state index contributed by atoms with van der Waals surface area (Å²) in [6, 6.07) is 0. The number of aliphatic hydroxyl groups excluding tert-OH is 5. The Balaban J connectivity index is 2.63. The van der Waals surface area contributed by atoms with Crippen LogP contribution in [0.25, 0.3) is 0 Å². The number of aliphatic hydroxyl groups is 5. The maximum atomic E-state index is 9.12. The highest BCUT2D eigenvalue weighted by molar-refractivity contribution is 4.87. The summed E-state index contributed by atoms with van der Waals surface area (Å²) < 4.78 is 4.58. The van der Waals surface area contributed by atoms with Crippen molar-refractivity contribution in [3.63, 3.8) is 0 Å². The van der Waals surface area contributed by atoms with Gasteiger partial charge in [0, 0.05) is 0 Å². The van der Waals surface area contributed by atoms with Crippen molar-refractivity contribution < 1.29 is 30.3 Å². The third-order valence-electron chi connectivity index (χ3n) is 1.87. The van der Waals surface area contributed by atoms with Crippen LogP contribution in [0.1, 0.15) is 0 Å². The lowest BCUT2D eigenvalue weighted by atomic mass is 10.00. The van der Waals surface area contributed by atoms with Crippen molar-refractivity contribution in [2.75, 3.05) is 6.61 Å². The molecule has 0 aromatic rings. The Bertz CT molecular complexity index is 146. The standard InChI is InChI=1S/C6H12O6/c7-1-2-3(8)4(9)5(10)6(11)12-2/h2-11H,1H2/t2-,3+,4-,5-,6+/m1/s1.